The maximum Gasteiger partial charge on any atom is 0.330 e. The van der Waals surface area contributed by atoms with Gasteiger partial charge in [-0.2, -0.15) is 0 Å². The van der Waals surface area contributed by atoms with Gasteiger partial charge in [0.2, 0.25) is 0 Å². The SMILES string of the molecule is CCOC(=O)/C=C/c1cccc(-c2ccc(O)cc2)c1. The van der Waals surface area contributed by atoms with Gasteiger partial charge in [-0.25, -0.2) is 4.79 Å². The second kappa shape index (κ2) is 6.57. The second-order valence-electron chi connectivity index (χ2n) is 4.26. The van der Waals surface area contributed by atoms with Gasteiger partial charge in [0.15, 0.2) is 0 Å². The molecule has 3 nitrogen and oxygen atoms in total. The molecule has 0 saturated heterocycles. The first-order valence-corrected chi connectivity index (χ1v) is 6.43. The summed E-state index contributed by atoms with van der Waals surface area (Å²) in [6.45, 7) is 2.15. The van der Waals surface area contributed by atoms with Gasteiger partial charge >= 0.3 is 5.97 Å². The molecule has 102 valence electrons. The molecule has 1 N–H and O–H groups in total. The summed E-state index contributed by atoms with van der Waals surface area (Å²) in [5.74, 6) is -0.102. The molecule has 0 heterocycles. The van der Waals surface area contributed by atoms with Crippen molar-refractivity contribution in [1.82, 2.24) is 0 Å². The topological polar surface area (TPSA) is 46.5 Å². The molecule has 0 aliphatic rings. The molecule has 2 rings (SSSR count). The zero-order valence-electron chi connectivity index (χ0n) is 11.2. The van der Waals surface area contributed by atoms with E-state index in [2.05, 4.69) is 0 Å². The minimum absolute atomic E-state index is 0.243. The van der Waals surface area contributed by atoms with Gasteiger partial charge in [0, 0.05) is 6.08 Å². The number of aromatic hydroxyl groups is 1. The van der Waals surface area contributed by atoms with Gasteiger partial charge in [-0.3, -0.25) is 0 Å². The van der Waals surface area contributed by atoms with E-state index < -0.39 is 0 Å². The standard InChI is InChI=1S/C17H16O3/c1-2-20-17(19)11-6-13-4-3-5-15(12-13)14-7-9-16(18)10-8-14/h3-12,18H,2H2,1H3/b11-6+. The lowest BCUT2D eigenvalue weighted by molar-refractivity contribution is -0.137. The molecule has 3 heteroatoms. The van der Waals surface area contributed by atoms with Crippen molar-refractivity contribution in [2.45, 2.75) is 6.92 Å². The molecule has 2 aromatic rings. The first-order chi connectivity index (χ1) is 9.69. The van der Waals surface area contributed by atoms with Crippen molar-refractivity contribution in [3.8, 4) is 16.9 Å². The van der Waals surface area contributed by atoms with Crippen LogP contribution < -0.4 is 0 Å². The van der Waals surface area contributed by atoms with Crippen molar-refractivity contribution in [2.75, 3.05) is 6.61 Å². The van der Waals surface area contributed by atoms with Gasteiger partial charge in [-0.15, -0.1) is 0 Å². The molecule has 0 bridgehead atoms. The molecule has 0 spiro atoms. The van der Waals surface area contributed by atoms with E-state index in [4.69, 9.17) is 4.74 Å². The monoisotopic (exact) mass is 268 g/mol. The van der Waals surface area contributed by atoms with Gasteiger partial charge in [0.25, 0.3) is 0 Å². The Morgan fingerprint density at radius 1 is 1.15 bits per heavy atom. The number of ether oxygens (including phenoxy) is 1. The van der Waals surface area contributed by atoms with Gasteiger partial charge < -0.3 is 9.84 Å². The number of hydrogen-bond donors (Lipinski definition) is 1. The summed E-state index contributed by atoms with van der Waals surface area (Å²) in [4.78, 5) is 11.3. The number of rotatable bonds is 4. The van der Waals surface area contributed by atoms with Crippen LogP contribution in [0.5, 0.6) is 5.75 Å². The van der Waals surface area contributed by atoms with Crippen LogP contribution in [0.1, 0.15) is 12.5 Å². The molecule has 0 saturated carbocycles. The fourth-order valence-corrected chi connectivity index (χ4v) is 1.83. The molecule has 0 fully saturated rings. The highest BCUT2D eigenvalue weighted by Crippen LogP contribution is 2.23. The number of phenols is 1. The van der Waals surface area contributed by atoms with Crippen LogP contribution in [-0.4, -0.2) is 17.7 Å². The maximum absolute atomic E-state index is 11.3. The highest BCUT2D eigenvalue weighted by molar-refractivity contribution is 5.87. The molecule has 2 aromatic carbocycles. The van der Waals surface area contributed by atoms with Crippen molar-refractivity contribution < 1.29 is 14.6 Å². The molecular weight excluding hydrogens is 252 g/mol. The number of carbonyl (C=O) groups is 1. The summed E-state index contributed by atoms with van der Waals surface area (Å²) in [7, 11) is 0. The summed E-state index contributed by atoms with van der Waals surface area (Å²) in [5, 5.41) is 9.29. The Bertz CT molecular complexity index is 612. The van der Waals surface area contributed by atoms with Crippen LogP contribution in [0, 0.1) is 0 Å². The van der Waals surface area contributed by atoms with Crippen LogP contribution in [0.3, 0.4) is 0 Å². The van der Waals surface area contributed by atoms with Gasteiger partial charge in [0.1, 0.15) is 5.75 Å². The summed E-state index contributed by atoms with van der Waals surface area (Å²) in [6, 6.07) is 14.8. The highest BCUT2D eigenvalue weighted by atomic mass is 16.5. The number of esters is 1. The summed E-state index contributed by atoms with van der Waals surface area (Å²) in [6.07, 6.45) is 3.14. The molecule has 0 amide bonds. The lowest BCUT2D eigenvalue weighted by Gasteiger charge is -2.03. The van der Waals surface area contributed by atoms with E-state index >= 15 is 0 Å². The normalized spacial score (nSPS) is 10.7. The van der Waals surface area contributed by atoms with E-state index in [1.165, 1.54) is 6.08 Å². The Kier molecular flexibility index (Phi) is 4.56. The number of phenolic OH excluding ortho intramolecular Hbond substituents is 1. The third-order valence-corrected chi connectivity index (χ3v) is 2.79. The van der Waals surface area contributed by atoms with Crippen LogP contribution in [0.25, 0.3) is 17.2 Å². The van der Waals surface area contributed by atoms with E-state index in [1.807, 2.05) is 36.4 Å². The average molecular weight is 268 g/mol. The van der Waals surface area contributed by atoms with E-state index in [9.17, 15) is 9.90 Å². The lowest BCUT2D eigenvalue weighted by atomic mass is 10.0. The maximum atomic E-state index is 11.3. The van der Waals surface area contributed by atoms with E-state index in [1.54, 1.807) is 25.1 Å². The summed E-state index contributed by atoms with van der Waals surface area (Å²) in [5.41, 5.74) is 2.95. The third kappa shape index (κ3) is 3.72. The summed E-state index contributed by atoms with van der Waals surface area (Å²) >= 11 is 0. The molecule has 0 aliphatic carbocycles. The van der Waals surface area contributed by atoms with Crippen molar-refractivity contribution in [2.24, 2.45) is 0 Å². The van der Waals surface area contributed by atoms with E-state index in [-0.39, 0.29) is 11.7 Å². The van der Waals surface area contributed by atoms with E-state index in [0.717, 1.165) is 16.7 Å². The molecule has 0 aliphatic heterocycles. The van der Waals surface area contributed by atoms with Gasteiger partial charge in [-0.05, 0) is 47.9 Å². The van der Waals surface area contributed by atoms with Crippen LogP contribution in [0.4, 0.5) is 0 Å². The predicted octanol–water partition coefficient (Wildman–Crippen LogP) is 3.64. The zero-order chi connectivity index (χ0) is 14.4. The minimum atomic E-state index is -0.345. The Hall–Kier alpha value is -2.55. The first kappa shape index (κ1) is 13.9. The number of carbonyl (C=O) groups excluding carboxylic acids is 1. The Morgan fingerprint density at radius 3 is 2.60 bits per heavy atom. The van der Waals surface area contributed by atoms with Crippen molar-refractivity contribution in [3.05, 3.63) is 60.2 Å². The largest absolute Gasteiger partial charge is 0.508 e. The number of benzene rings is 2. The van der Waals surface area contributed by atoms with Crippen molar-refractivity contribution in [3.63, 3.8) is 0 Å². The van der Waals surface area contributed by atoms with Crippen LogP contribution in [-0.2, 0) is 9.53 Å². The number of hydrogen-bond acceptors (Lipinski definition) is 3. The Morgan fingerprint density at radius 2 is 1.90 bits per heavy atom. The molecule has 0 radical (unpaired) electrons. The fourth-order valence-electron chi connectivity index (χ4n) is 1.83. The van der Waals surface area contributed by atoms with Crippen molar-refractivity contribution in [1.29, 1.82) is 0 Å². The fraction of sp³-hybridized carbons (Fsp3) is 0.118. The molecule has 0 aromatic heterocycles. The van der Waals surface area contributed by atoms with Gasteiger partial charge in [-0.1, -0.05) is 30.3 Å². The molecular formula is C17H16O3. The third-order valence-electron chi connectivity index (χ3n) is 2.79. The van der Waals surface area contributed by atoms with Crippen molar-refractivity contribution >= 4 is 12.0 Å². The summed E-state index contributed by atoms with van der Waals surface area (Å²) < 4.78 is 4.84. The zero-order valence-corrected chi connectivity index (χ0v) is 11.2. The molecule has 0 unspecified atom stereocenters. The smallest absolute Gasteiger partial charge is 0.330 e. The van der Waals surface area contributed by atoms with Crippen LogP contribution in [0.2, 0.25) is 0 Å². The highest BCUT2D eigenvalue weighted by Gasteiger charge is 1.99. The van der Waals surface area contributed by atoms with E-state index in [0.29, 0.717) is 6.61 Å². The minimum Gasteiger partial charge on any atom is -0.508 e. The van der Waals surface area contributed by atoms with Crippen LogP contribution >= 0.6 is 0 Å². The Labute approximate surface area is 118 Å². The Balaban J connectivity index is 2.20. The van der Waals surface area contributed by atoms with Gasteiger partial charge in [0.05, 0.1) is 6.61 Å². The molecule has 0 atom stereocenters. The molecule has 20 heavy (non-hydrogen) atoms. The second-order valence-corrected chi connectivity index (χ2v) is 4.26. The average Bonchev–Trinajstić information content (AvgIpc) is 2.47. The van der Waals surface area contributed by atoms with Crippen LogP contribution in [0.15, 0.2) is 54.6 Å². The predicted molar refractivity (Wildman–Crippen MR) is 79.2 cm³/mol. The quantitative estimate of drug-likeness (QED) is 0.680. The lowest BCUT2D eigenvalue weighted by Crippen LogP contribution is -1.98. The first-order valence-electron chi connectivity index (χ1n) is 6.43.